The third kappa shape index (κ3) is 9.32. The van der Waals surface area contributed by atoms with Crippen LogP contribution in [0, 0.1) is 0 Å². The van der Waals surface area contributed by atoms with Crippen molar-refractivity contribution in [2.75, 3.05) is 26.7 Å². The third-order valence-electron chi connectivity index (χ3n) is 5.12. The van der Waals surface area contributed by atoms with Crippen molar-refractivity contribution in [3.8, 4) is 0 Å². The van der Waals surface area contributed by atoms with Crippen LogP contribution in [0.4, 0.5) is 0 Å². The molecular weight excluding hydrogens is 451 g/mol. The van der Waals surface area contributed by atoms with Gasteiger partial charge in [0.15, 0.2) is 5.96 Å². The lowest BCUT2D eigenvalue weighted by molar-refractivity contribution is 0.0412. The number of hydrogen-bond acceptors (Lipinski definition) is 2. The molecule has 0 unspecified atom stereocenters. The van der Waals surface area contributed by atoms with Crippen LogP contribution in [0.2, 0.25) is 0 Å². The standard InChI is InChI=1S/C21H38N4O.HI/c1-4-22-21(25(3)18-19-12-11-16-24(19)2)23-15-9-10-17-26-20-13-7-5-6-8-14-20;/h11-12,16,20H,4-10,13-15,17-18H2,1-3H3,(H,22,23);1H. The van der Waals surface area contributed by atoms with Gasteiger partial charge in [-0.3, -0.25) is 4.99 Å². The summed E-state index contributed by atoms with van der Waals surface area (Å²) in [6.45, 7) is 5.61. The maximum absolute atomic E-state index is 6.07. The van der Waals surface area contributed by atoms with Gasteiger partial charge in [-0.15, -0.1) is 24.0 Å². The molecule has 0 amide bonds. The van der Waals surface area contributed by atoms with E-state index in [-0.39, 0.29) is 24.0 Å². The van der Waals surface area contributed by atoms with Crippen LogP contribution in [0.5, 0.6) is 0 Å². The second-order valence-corrected chi connectivity index (χ2v) is 7.39. The van der Waals surface area contributed by atoms with E-state index in [0.717, 1.165) is 45.0 Å². The van der Waals surface area contributed by atoms with Crippen molar-refractivity contribution in [2.45, 2.75) is 70.9 Å². The van der Waals surface area contributed by atoms with Crippen LogP contribution in [0.3, 0.4) is 0 Å². The fourth-order valence-electron chi connectivity index (χ4n) is 3.51. The number of halogens is 1. The van der Waals surface area contributed by atoms with E-state index in [1.807, 2.05) is 0 Å². The first-order chi connectivity index (χ1) is 12.7. The molecule has 1 aromatic heterocycles. The van der Waals surface area contributed by atoms with E-state index in [2.05, 4.69) is 54.1 Å². The molecule has 27 heavy (non-hydrogen) atoms. The Labute approximate surface area is 183 Å². The van der Waals surface area contributed by atoms with Crippen LogP contribution in [0.1, 0.15) is 64.0 Å². The van der Waals surface area contributed by atoms with Gasteiger partial charge >= 0.3 is 0 Å². The fourth-order valence-corrected chi connectivity index (χ4v) is 3.51. The monoisotopic (exact) mass is 490 g/mol. The smallest absolute Gasteiger partial charge is 0.194 e. The number of aryl methyl sites for hydroxylation is 1. The lowest BCUT2D eigenvalue weighted by Crippen LogP contribution is -2.38. The Balaban J connectivity index is 0.00000364. The Hall–Kier alpha value is -0.760. The Kier molecular flexibility index (Phi) is 12.8. The molecule has 1 aliphatic carbocycles. The Morgan fingerprint density at radius 1 is 1.26 bits per heavy atom. The minimum Gasteiger partial charge on any atom is -0.378 e. The van der Waals surface area contributed by atoms with E-state index in [9.17, 15) is 0 Å². The van der Waals surface area contributed by atoms with E-state index >= 15 is 0 Å². The van der Waals surface area contributed by atoms with Gasteiger partial charge in [0, 0.05) is 45.7 Å². The normalized spacial score (nSPS) is 15.9. The Morgan fingerprint density at radius 3 is 2.63 bits per heavy atom. The molecule has 1 fully saturated rings. The van der Waals surface area contributed by atoms with E-state index in [1.165, 1.54) is 44.2 Å². The molecule has 6 heteroatoms. The number of guanidine groups is 1. The van der Waals surface area contributed by atoms with E-state index in [1.54, 1.807) is 0 Å². The van der Waals surface area contributed by atoms with Crippen LogP contribution >= 0.6 is 24.0 Å². The third-order valence-corrected chi connectivity index (χ3v) is 5.12. The van der Waals surface area contributed by atoms with Crippen molar-refractivity contribution in [2.24, 2.45) is 12.0 Å². The molecule has 156 valence electrons. The first-order valence-corrected chi connectivity index (χ1v) is 10.4. The predicted octanol–water partition coefficient (Wildman–Crippen LogP) is 4.56. The maximum Gasteiger partial charge on any atom is 0.194 e. The minimum atomic E-state index is 0. The summed E-state index contributed by atoms with van der Waals surface area (Å²) in [5.74, 6) is 0.985. The van der Waals surface area contributed by atoms with Crippen molar-refractivity contribution in [1.82, 2.24) is 14.8 Å². The van der Waals surface area contributed by atoms with E-state index < -0.39 is 0 Å². The highest BCUT2D eigenvalue weighted by Crippen LogP contribution is 2.19. The predicted molar refractivity (Wildman–Crippen MR) is 125 cm³/mol. The fraction of sp³-hybridized carbons (Fsp3) is 0.762. The number of aliphatic imine (C=N–C) groups is 1. The lowest BCUT2D eigenvalue weighted by atomic mass is 10.1. The summed E-state index contributed by atoms with van der Waals surface area (Å²) in [7, 11) is 4.19. The van der Waals surface area contributed by atoms with E-state index in [0.29, 0.717) is 6.10 Å². The first kappa shape index (κ1) is 24.3. The quantitative estimate of drug-likeness (QED) is 0.182. The topological polar surface area (TPSA) is 41.8 Å². The molecule has 0 saturated heterocycles. The van der Waals surface area contributed by atoms with Crippen molar-refractivity contribution in [3.05, 3.63) is 24.0 Å². The van der Waals surface area contributed by atoms with Crippen molar-refractivity contribution in [1.29, 1.82) is 0 Å². The summed E-state index contributed by atoms with van der Waals surface area (Å²) >= 11 is 0. The zero-order valence-electron chi connectivity index (χ0n) is 17.5. The molecular formula is C21H39IN4O. The van der Waals surface area contributed by atoms with Gasteiger partial charge in [-0.1, -0.05) is 25.7 Å². The molecule has 5 nitrogen and oxygen atoms in total. The molecule has 1 aromatic rings. The average molecular weight is 490 g/mol. The molecule has 0 aromatic carbocycles. The van der Waals surface area contributed by atoms with Crippen LogP contribution < -0.4 is 5.32 Å². The van der Waals surface area contributed by atoms with Crippen molar-refractivity contribution >= 4 is 29.9 Å². The van der Waals surface area contributed by atoms with Crippen LogP contribution in [0.15, 0.2) is 23.3 Å². The van der Waals surface area contributed by atoms with Crippen LogP contribution in [-0.2, 0) is 18.3 Å². The van der Waals surface area contributed by atoms with Gasteiger partial charge in [0.2, 0.25) is 0 Å². The van der Waals surface area contributed by atoms with Gasteiger partial charge in [-0.25, -0.2) is 0 Å². The summed E-state index contributed by atoms with van der Waals surface area (Å²) in [4.78, 5) is 6.98. The van der Waals surface area contributed by atoms with Crippen molar-refractivity contribution in [3.63, 3.8) is 0 Å². The number of ether oxygens (including phenoxy) is 1. The molecule has 1 N–H and O–H groups in total. The highest BCUT2D eigenvalue weighted by molar-refractivity contribution is 14.0. The number of nitrogens with zero attached hydrogens (tertiary/aromatic N) is 3. The van der Waals surface area contributed by atoms with Crippen LogP contribution in [0.25, 0.3) is 0 Å². The molecule has 0 aliphatic heterocycles. The summed E-state index contributed by atoms with van der Waals surface area (Å²) in [5.41, 5.74) is 1.29. The highest BCUT2D eigenvalue weighted by Gasteiger charge is 2.12. The van der Waals surface area contributed by atoms with Gasteiger partial charge in [0.25, 0.3) is 0 Å². The summed E-state index contributed by atoms with van der Waals surface area (Å²) in [6, 6.07) is 4.24. The Morgan fingerprint density at radius 2 is 2.00 bits per heavy atom. The highest BCUT2D eigenvalue weighted by atomic mass is 127. The summed E-state index contributed by atoms with van der Waals surface area (Å²) < 4.78 is 8.23. The summed E-state index contributed by atoms with van der Waals surface area (Å²) in [5, 5.41) is 3.40. The molecule has 2 rings (SSSR count). The van der Waals surface area contributed by atoms with Gasteiger partial charge in [0.05, 0.1) is 12.6 Å². The first-order valence-electron chi connectivity index (χ1n) is 10.4. The van der Waals surface area contributed by atoms with Gasteiger partial charge in [-0.05, 0) is 44.7 Å². The van der Waals surface area contributed by atoms with Gasteiger partial charge in [0.1, 0.15) is 0 Å². The SMILES string of the molecule is CCNC(=NCCCCOC1CCCCCC1)N(C)Cc1cccn1C.I. The average Bonchev–Trinajstić information content (AvgIpc) is 2.87. The number of hydrogen-bond donors (Lipinski definition) is 1. The zero-order chi connectivity index (χ0) is 18.6. The molecule has 0 radical (unpaired) electrons. The molecule has 0 bridgehead atoms. The number of unbranched alkanes of at least 4 members (excludes halogenated alkanes) is 1. The van der Waals surface area contributed by atoms with Gasteiger partial charge in [-0.2, -0.15) is 0 Å². The molecule has 1 heterocycles. The second-order valence-electron chi connectivity index (χ2n) is 7.39. The van der Waals surface area contributed by atoms with Crippen molar-refractivity contribution < 1.29 is 4.74 Å². The molecule has 1 aliphatic rings. The minimum absolute atomic E-state index is 0. The Bertz CT molecular complexity index is 524. The lowest BCUT2D eigenvalue weighted by Gasteiger charge is -2.22. The number of nitrogens with one attached hydrogen (secondary N) is 1. The largest absolute Gasteiger partial charge is 0.378 e. The summed E-state index contributed by atoms with van der Waals surface area (Å²) in [6.07, 6.45) is 12.7. The maximum atomic E-state index is 6.07. The van der Waals surface area contributed by atoms with Crippen LogP contribution in [-0.4, -0.2) is 48.3 Å². The molecule has 0 spiro atoms. The number of rotatable bonds is 9. The zero-order valence-corrected chi connectivity index (χ0v) is 19.8. The van der Waals surface area contributed by atoms with E-state index in [4.69, 9.17) is 9.73 Å². The second kappa shape index (κ2) is 14.3. The van der Waals surface area contributed by atoms with Gasteiger partial charge < -0.3 is 19.5 Å². The number of aromatic nitrogens is 1. The molecule has 1 saturated carbocycles. The molecule has 0 atom stereocenters.